The summed E-state index contributed by atoms with van der Waals surface area (Å²) >= 11 is 0. The molecule has 0 radical (unpaired) electrons. The number of aromatic nitrogens is 2. The summed E-state index contributed by atoms with van der Waals surface area (Å²) < 4.78 is 6.67. The molecule has 0 aliphatic carbocycles. The fraction of sp³-hybridized carbons (Fsp3) is 0.250. The maximum Gasteiger partial charge on any atom is 0.276 e. The van der Waals surface area contributed by atoms with Gasteiger partial charge in [-0.1, -0.05) is 31.2 Å². The summed E-state index contributed by atoms with van der Waals surface area (Å²) in [5, 5.41) is 8.19. The Bertz CT molecular complexity index is 1020. The van der Waals surface area contributed by atoms with Crippen LogP contribution >= 0.6 is 0 Å². The van der Waals surface area contributed by atoms with Crippen molar-refractivity contribution in [2.24, 2.45) is 0 Å². The van der Waals surface area contributed by atoms with Gasteiger partial charge in [-0.3, -0.25) is 9.59 Å². The van der Waals surface area contributed by atoms with E-state index in [0.29, 0.717) is 28.8 Å². The number of benzene rings is 2. The highest BCUT2D eigenvalue weighted by atomic mass is 16.5. The van der Waals surface area contributed by atoms with E-state index in [4.69, 9.17) is 4.74 Å². The number of nitrogens with zero attached hydrogens (tertiary/aromatic N) is 2. The standard InChI is InChI=1S/C20H21N3O3/c1-4-11-23-20(25)15-8-6-5-7-14(15)18(22-23)19(24)21-16-12-13(2)9-10-17(16)26-3/h5-10,12H,4,11H2,1-3H3,(H,21,24). The van der Waals surface area contributed by atoms with Crippen LogP contribution in [0.25, 0.3) is 10.8 Å². The van der Waals surface area contributed by atoms with E-state index in [2.05, 4.69) is 10.4 Å². The highest BCUT2D eigenvalue weighted by Gasteiger charge is 2.18. The Balaban J connectivity index is 2.10. The van der Waals surface area contributed by atoms with Gasteiger partial charge in [0.05, 0.1) is 18.2 Å². The molecule has 1 amide bonds. The van der Waals surface area contributed by atoms with Crippen molar-refractivity contribution in [1.82, 2.24) is 9.78 Å². The average molecular weight is 351 g/mol. The average Bonchev–Trinajstić information content (AvgIpc) is 2.64. The Hall–Kier alpha value is -3.15. The van der Waals surface area contributed by atoms with Gasteiger partial charge >= 0.3 is 0 Å². The first-order valence-corrected chi connectivity index (χ1v) is 8.51. The summed E-state index contributed by atoms with van der Waals surface area (Å²) in [6.45, 7) is 4.35. The van der Waals surface area contributed by atoms with Gasteiger partial charge in [0, 0.05) is 11.9 Å². The molecule has 2 aromatic carbocycles. The monoisotopic (exact) mass is 351 g/mol. The number of ether oxygens (including phenoxy) is 1. The van der Waals surface area contributed by atoms with Crippen LogP contribution in [0.5, 0.6) is 5.75 Å². The van der Waals surface area contributed by atoms with Crippen LogP contribution in [0.2, 0.25) is 0 Å². The highest BCUT2D eigenvalue weighted by molar-refractivity contribution is 6.11. The van der Waals surface area contributed by atoms with Gasteiger partial charge in [0.25, 0.3) is 11.5 Å². The van der Waals surface area contributed by atoms with Crippen molar-refractivity contribution >= 4 is 22.4 Å². The summed E-state index contributed by atoms with van der Waals surface area (Å²) in [5.74, 6) is 0.185. The van der Waals surface area contributed by atoms with Gasteiger partial charge in [-0.25, -0.2) is 4.68 Å². The predicted octanol–water partition coefficient (Wildman–Crippen LogP) is 3.38. The summed E-state index contributed by atoms with van der Waals surface area (Å²) in [6.07, 6.45) is 0.748. The first-order valence-electron chi connectivity index (χ1n) is 8.51. The molecule has 1 heterocycles. The predicted molar refractivity (Wildman–Crippen MR) is 102 cm³/mol. The summed E-state index contributed by atoms with van der Waals surface area (Å²) in [5.41, 5.74) is 1.59. The maximum atomic E-state index is 12.9. The normalized spacial score (nSPS) is 10.7. The molecule has 0 aliphatic heterocycles. The Labute approximate surface area is 151 Å². The smallest absolute Gasteiger partial charge is 0.276 e. The Morgan fingerprint density at radius 1 is 1.19 bits per heavy atom. The Morgan fingerprint density at radius 2 is 1.92 bits per heavy atom. The second-order valence-corrected chi connectivity index (χ2v) is 6.08. The summed E-state index contributed by atoms with van der Waals surface area (Å²) in [6, 6.07) is 12.6. The van der Waals surface area contributed by atoms with E-state index in [1.807, 2.05) is 26.0 Å². The molecule has 6 heteroatoms. The molecule has 0 atom stereocenters. The number of hydrogen-bond donors (Lipinski definition) is 1. The number of amides is 1. The lowest BCUT2D eigenvalue weighted by atomic mass is 10.1. The number of carbonyl (C=O) groups excluding carboxylic acids is 1. The first-order chi connectivity index (χ1) is 12.5. The molecule has 3 rings (SSSR count). The molecule has 0 spiro atoms. The van der Waals surface area contributed by atoms with Crippen LogP contribution in [-0.2, 0) is 6.54 Å². The van der Waals surface area contributed by atoms with Crippen LogP contribution in [0.3, 0.4) is 0 Å². The van der Waals surface area contributed by atoms with Gasteiger partial charge in [0.15, 0.2) is 5.69 Å². The van der Waals surface area contributed by atoms with Gasteiger partial charge in [-0.05, 0) is 37.1 Å². The largest absolute Gasteiger partial charge is 0.495 e. The summed E-state index contributed by atoms with van der Waals surface area (Å²) in [4.78, 5) is 25.5. The summed E-state index contributed by atoms with van der Waals surface area (Å²) in [7, 11) is 1.55. The van der Waals surface area contributed by atoms with E-state index in [9.17, 15) is 9.59 Å². The first kappa shape index (κ1) is 17.7. The molecule has 134 valence electrons. The SMILES string of the molecule is CCCn1nc(C(=O)Nc2cc(C)ccc2OC)c2ccccc2c1=O. The fourth-order valence-electron chi connectivity index (χ4n) is 2.87. The molecule has 0 bridgehead atoms. The van der Waals surface area contributed by atoms with Crippen LogP contribution in [0.15, 0.2) is 47.3 Å². The molecule has 0 unspecified atom stereocenters. The second kappa shape index (κ2) is 7.39. The molecule has 1 aromatic heterocycles. The minimum Gasteiger partial charge on any atom is -0.495 e. The third kappa shape index (κ3) is 3.31. The van der Waals surface area contributed by atoms with Crippen molar-refractivity contribution in [3.05, 3.63) is 64.1 Å². The van der Waals surface area contributed by atoms with Gasteiger partial charge in [0.2, 0.25) is 0 Å². The molecule has 0 saturated carbocycles. The third-order valence-electron chi connectivity index (χ3n) is 4.12. The van der Waals surface area contributed by atoms with Gasteiger partial charge < -0.3 is 10.1 Å². The fourth-order valence-corrected chi connectivity index (χ4v) is 2.87. The van der Waals surface area contributed by atoms with Crippen LogP contribution in [0, 0.1) is 6.92 Å². The zero-order valence-corrected chi connectivity index (χ0v) is 15.1. The Kier molecular flexibility index (Phi) is 5.02. The maximum absolute atomic E-state index is 12.9. The van der Waals surface area contributed by atoms with Crippen molar-refractivity contribution in [3.8, 4) is 5.75 Å². The number of aryl methyl sites for hydroxylation is 2. The second-order valence-electron chi connectivity index (χ2n) is 6.08. The molecule has 6 nitrogen and oxygen atoms in total. The number of nitrogens with one attached hydrogen (secondary N) is 1. The van der Waals surface area contributed by atoms with Crippen molar-refractivity contribution in [1.29, 1.82) is 0 Å². The molecule has 1 N–H and O–H groups in total. The van der Waals surface area contributed by atoms with Crippen LogP contribution < -0.4 is 15.6 Å². The number of methoxy groups -OCH3 is 1. The van der Waals surface area contributed by atoms with Gasteiger partial charge in [-0.15, -0.1) is 0 Å². The van der Waals surface area contributed by atoms with Crippen molar-refractivity contribution in [3.63, 3.8) is 0 Å². The molecule has 0 fully saturated rings. The van der Waals surface area contributed by atoms with E-state index < -0.39 is 0 Å². The number of carbonyl (C=O) groups is 1. The molecule has 0 saturated heterocycles. The zero-order chi connectivity index (χ0) is 18.7. The molecular weight excluding hydrogens is 330 g/mol. The van der Waals surface area contributed by atoms with E-state index in [1.165, 1.54) is 4.68 Å². The highest BCUT2D eigenvalue weighted by Crippen LogP contribution is 2.26. The van der Waals surface area contributed by atoms with Crippen molar-refractivity contribution in [2.45, 2.75) is 26.8 Å². The van der Waals surface area contributed by atoms with E-state index >= 15 is 0 Å². The quantitative estimate of drug-likeness (QED) is 0.765. The third-order valence-corrected chi connectivity index (χ3v) is 4.12. The van der Waals surface area contributed by atoms with Crippen LogP contribution in [0.1, 0.15) is 29.4 Å². The van der Waals surface area contributed by atoms with E-state index in [1.54, 1.807) is 37.4 Å². The lowest BCUT2D eigenvalue weighted by Gasteiger charge is -2.13. The van der Waals surface area contributed by atoms with E-state index in [-0.39, 0.29) is 17.2 Å². The zero-order valence-electron chi connectivity index (χ0n) is 15.1. The Morgan fingerprint density at radius 3 is 2.62 bits per heavy atom. The minimum atomic E-state index is -0.380. The molecule has 3 aromatic rings. The van der Waals surface area contributed by atoms with Crippen LogP contribution in [-0.4, -0.2) is 22.8 Å². The molecule has 0 aliphatic rings. The number of hydrogen-bond acceptors (Lipinski definition) is 4. The molecule has 26 heavy (non-hydrogen) atoms. The van der Waals surface area contributed by atoms with Gasteiger partial charge in [0.1, 0.15) is 5.75 Å². The minimum absolute atomic E-state index is 0.188. The van der Waals surface area contributed by atoms with Crippen molar-refractivity contribution < 1.29 is 9.53 Å². The van der Waals surface area contributed by atoms with E-state index in [0.717, 1.165) is 12.0 Å². The van der Waals surface area contributed by atoms with Crippen molar-refractivity contribution in [2.75, 3.05) is 12.4 Å². The molecular formula is C20H21N3O3. The number of fused-ring (bicyclic) bond motifs is 1. The van der Waals surface area contributed by atoms with Crippen LogP contribution in [0.4, 0.5) is 5.69 Å². The lowest BCUT2D eigenvalue weighted by molar-refractivity contribution is 0.102. The van der Waals surface area contributed by atoms with Gasteiger partial charge in [-0.2, -0.15) is 5.10 Å². The topological polar surface area (TPSA) is 73.2 Å². The number of rotatable bonds is 5. The lowest BCUT2D eigenvalue weighted by Crippen LogP contribution is -2.27. The number of anilines is 1.